The number of methoxy groups -OCH3 is 1. The van der Waals surface area contributed by atoms with Crippen LogP contribution in [-0.2, 0) is 26.0 Å². The Bertz CT molecular complexity index is 1000. The van der Waals surface area contributed by atoms with E-state index in [0.717, 1.165) is 5.56 Å². The van der Waals surface area contributed by atoms with E-state index in [1.807, 2.05) is 6.92 Å². The minimum atomic E-state index is -3.76. The van der Waals surface area contributed by atoms with Gasteiger partial charge >= 0.3 is 0 Å². The summed E-state index contributed by atoms with van der Waals surface area (Å²) in [6.07, 6.45) is 0.0155. The normalized spacial score (nSPS) is 15.1. The molecule has 2 aromatic carbocycles. The van der Waals surface area contributed by atoms with Gasteiger partial charge in [-0.25, -0.2) is 8.42 Å². The third kappa shape index (κ3) is 4.90. The van der Waals surface area contributed by atoms with E-state index < -0.39 is 10.0 Å². The smallest absolute Gasteiger partial charge is 0.246 e. The molecule has 0 aliphatic carbocycles. The van der Waals surface area contributed by atoms with E-state index in [-0.39, 0.29) is 36.1 Å². The van der Waals surface area contributed by atoms with E-state index in [1.54, 1.807) is 30.3 Å². The molecule has 1 aliphatic heterocycles. The zero-order chi connectivity index (χ0) is 21.0. The van der Waals surface area contributed by atoms with Gasteiger partial charge in [0.15, 0.2) is 0 Å². The number of halogens is 1. The van der Waals surface area contributed by atoms with Crippen molar-refractivity contribution in [1.82, 2.24) is 4.31 Å². The Morgan fingerprint density at radius 3 is 2.66 bits per heavy atom. The summed E-state index contributed by atoms with van der Waals surface area (Å²) in [5, 5.41) is 3.38. The molecule has 1 N–H and O–H groups in total. The topological polar surface area (TPSA) is 84.9 Å². The molecule has 1 heterocycles. The predicted molar refractivity (Wildman–Crippen MR) is 111 cm³/mol. The van der Waals surface area contributed by atoms with Crippen LogP contribution in [0.15, 0.2) is 41.3 Å². The fraction of sp³-hybridized carbons (Fsp3) is 0.350. The van der Waals surface area contributed by atoms with Gasteiger partial charge in [0.2, 0.25) is 15.9 Å². The molecule has 0 aromatic heterocycles. The SMILES string of the molecule is COc1ccc(CC(=O)Nc2cccc(Cl)c2C)cc1S(=O)(=O)N1CCOCC1. The first-order chi connectivity index (χ1) is 13.8. The summed E-state index contributed by atoms with van der Waals surface area (Å²) in [7, 11) is -2.34. The number of nitrogens with zero attached hydrogens (tertiary/aromatic N) is 1. The summed E-state index contributed by atoms with van der Waals surface area (Å²) in [6.45, 7) is 3.08. The summed E-state index contributed by atoms with van der Waals surface area (Å²) < 4.78 is 38.0. The van der Waals surface area contributed by atoms with Gasteiger partial charge in [-0.05, 0) is 42.3 Å². The molecule has 3 rings (SSSR count). The highest BCUT2D eigenvalue weighted by atomic mass is 35.5. The van der Waals surface area contributed by atoms with Gasteiger partial charge in [0.25, 0.3) is 0 Å². The molecule has 1 aliphatic rings. The number of sulfonamides is 1. The second kappa shape index (κ2) is 9.13. The van der Waals surface area contributed by atoms with Gasteiger partial charge in [0, 0.05) is 23.8 Å². The first kappa shape index (κ1) is 21.6. The largest absolute Gasteiger partial charge is 0.495 e. The van der Waals surface area contributed by atoms with E-state index >= 15 is 0 Å². The molecule has 1 amide bonds. The third-order valence-corrected chi connectivity index (χ3v) is 7.05. The third-order valence-electron chi connectivity index (χ3n) is 4.72. The Balaban J connectivity index is 1.83. The Morgan fingerprint density at radius 2 is 1.97 bits per heavy atom. The number of rotatable bonds is 6. The fourth-order valence-electron chi connectivity index (χ4n) is 3.08. The Labute approximate surface area is 175 Å². The van der Waals surface area contributed by atoms with Crippen LogP contribution in [0.5, 0.6) is 5.75 Å². The number of benzene rings is 2. The van der Waals surface area contributed by atoms with Crippen LogP contribution >= 0.6 is 11.6 Å². The second-order valence-electron chi connectivity index (χ2n) is 6.64. The van der Waals surface area contributed by atoms with Crippen LogP contribution in [0.2, 0.25) is 5.02 Å². The van der Waals surface area contributed by atoms with Gasteiger partial charge < -0.3 is 14.8 Å². The average Bonchev–Trinajstić information content (AvgIpc) is 2.72. The minimum absolute atomic E-state index is 0.0155. The highest BCUT2D eigenvalue weighted by molar-refractivity contribution is 7.89. The maximum atomic E-state index is 13.1. The molecule has 0 unspecified atom stereocenters. The average molecular weight is 439 g/mol. The van der Waals surface area contributed by atoms with Crippen molar-refractivity contribution in [2.24, 2.45) is 0 Å². The van der Waals surface area contributed by atoms with Gasteiger partial charge in [-0.15, -0.1) is 0 Å². The summed E-state index contributed by atoms with van der Waals surface area (Å²) in [4.78, 5) is 12.5. The molecule has 156 valence electrons. The van der Waals surface area contributed by atoms with Crippen LogP contribution in [0.25, 0.3) is 0 Å². The van der Waals surface area contributed by atoms with E-state index in [9.17, 15) is 13.2 Å². The lowest BCUT2D eigenvalue weighted by atomic mass is 10.1. The number of carbonyl (C=O) groups is 1. The number of anilines is 1. The number of nitrogens with one attached hydrogen (secondary N) is 1. The summed E-state index contributed by atoms with van der Waals surface area (Å²) in [6, 6.07) is 10.0. The van der Waals surface area contributed by atoms with Gasteiger partial charge in [0.05, 0.1) is 26.7 Å². The van der Waals surface area contributed by atoms with E-state index in [0.29, 0.717) is 29.5 Å². The molecule has 0 radical (unpaired) electrons. The van der Waals surface area contributed by atoms with Crippen molar-refractivity contribution in [2.45, 2.75) is 18.2 Å². The van der Waals surface area contributed by atoms with E-state index in [1.165, 1.54) is 17.5 Å². The quantitative estimate of drug-likeness (QED) is 0.749. The fourth-order valence-corrected chi connectivity index (χ4v) is 4.87. The highest BCUT2D eigenvalue weighted by Gasteiger charge is 2.29. The maximum Gasteiger partial charge on any atom is 0.246 e. The van der Waals surface area contributed by atoms with E-state index in [2.05, 4.69) is 5.32 Å². The lowest BCUT2D eigenvalue weighted by Gasteiger charge is -2.26. The Hall–Kier alpha value is -2.13. The molecule has 1 fully saturated rings. The zero-order valence-corrected chi connectivity index (χ0v) is 17.8. The number of amides is 1. The van der Waals surface area contributed by atoms with Crippen LogP contribution in [-0.4, -0.2) is 52.0 Å². The number of morpholine rings is 1. The Morgan fingerprint density at radius 1 is 1.24 bits per heavy atom. The Kier molecular flexibility index (Phi) is 6.79. The van der Waals surface area contributed by atoms with Crippen LogP contribution in [0.1, 0.15) is 11.1 Å². The van der Waals surface area contributed by atoms with Gasteiger partial charge in [-0.2, -0.15) is 4.31 Å². The first-order valence-corrected chi connectivity index (χ1v) is 10.9. The molecule has 0 bridgehead atoms. The molecule has 0 spiro atoms. The first-order valence-electron chi connectivity index (χ1n) is 9.12. The van der Waals surface area contributed by atoms with Crippen molar-refractivity contribution >= 4 is 33.2 Å². The summed E-state index contributed by atoms with van der Waals surface area (Å²) in [5.74, 6) is -0.0263. The number of carbonyl (C=O) groups excluding carboxylic acids is 1. The van der Waals surface area contributed by atoms with Gasteiger partial charge in [-0.3, -0.25) is 4.79 Å². The summed E-state index contributed by atoms with van der Waals surface area (Å²) >= 11 is 6.09. The molecular weight excluding hydrogens is 416 g/mol. The van der Waals surface area contributed by atoms with Crippen molar-refractivity contribution in [3.63, 3.8) is 0 Å². The minimum Gasteiger partial charge on any atom is -0.495 e. The number of ether oxygens (including phenoxy) is 2. The lowest BCUT2D eigenvalue weighted by Crippen LogP contribution is -2.40. The monoisotopic (exact) mass is 438 g/mol. The van der Waals surface area contributed by atoms with Crippen LogP contribution in [0.4, 0.5) is 5.69 Å². The van der Waals surface area contributed by atoms with Gasteiger partial charge in [-0.1, -0.05) is 23.7 Å². The number of hydrogen-bond donors (Lipinski definition) is 1. The highest BCUT2D eigenvalue weighted by Crippen LogP contribution is 2.29. The van der Waals surface area contributed by atoms with Gasteiger partial charge in [0.1, 0.15) is 10.6 Å². The van der Waals surface area contributed by atoms with E-state index in [4.69, 9.17) is 21.1 Å². The van der Waals surface area contributed by atoms with Crippen molar-refractivity contribution in [3.8, 4) is 5.75 Å². The molecule has 1 saturated heterocycles. The predicted octanol–water partition coefficient (Wildman–Crippen LogP) is 2.86. The zero-order valence-electron chi connectivity index (χ0n) is 16.3. The standard InChI is InChI=1S/C20H23ClN2O5S/c1-14-16(21)4-3-5-17(14)22-20(24)13-15-6-7-18(27-2)19(12-15)29(25,26)23-8-10-28-11-9-23/h3-7,12H,8-11,13H2,1-2H3,(H,22,24). The van der Waals surface area contributed by atoms with Crippen molar-refractivity contribution in [2.75, 3.05) is 38.7 Å². The van der Waals surface area contributed by atoms with Crippen LogP contribution in [0.3, 0.4) is 0 Å². The summed E-state index contributed by atoms with van der Waals surface area (Å²) in [5.41, 5.74) is 1.96. The maximum absolute atomic E-state index is 13.1. The van der Waals surface area contributed by atoms with Crippen LogP contribution in [0, 0.1) is 6.92 Å². The molecule has 9 heteroatoms. The number of hydrogen-bond acceptors (Lipinski definition) is 5. The van der Waals surface area contributed by atoms with Crippen LogP contribution < -0.4 is 10.1 Å². The second-order valence-corrected chi connectivity index (χ2v) is 8.95. The molecule has 7 nitrogen and oxygen atoms in total. The molecule has 2 aromatic rings. The van der Waals surface area contributed by atoms with Crippen molar-refractivity contribution in [1.29, 1.82) is 0 Å². The molecule has 0 atom stereocenters. The molecule has 0 saturated carbocycles. The molecular formula is C20H23ClN2O5S. The molecule has 29 heavy (non-hydrogen) atoms. The van der Waals surface area contributed by atoms with Crippen molar-refractivity contribution < 1.29 is 22.7 Å². The van der Waals surface area contributed by atoms with Crippen molar-refractivity contribution in [3.05, 3.63) is 52.5 Å². The lowest BCUT2D eigenvalue weighted by molar-refractivity contribution is -0.115.